The highest BCUT2D eigenvalue weighted by atomic mass is 16.1. The number of nitriles is 1. The van der Waals surface area contributed by atoms with Gasteiger partial charge >= 0.3 is 0 Å². The molecule has 1 aromatic heterocycles. The lowest BCUT2D eigenvalue weighted by atomic mass is 9.44. The van der Waals surface area contributed by atoms with Crippen molar-refractivity contribution in [1.82, 2.24) is 9.78 Å². The molecule has 31 heavy (non-hydrogen) atoms. The van der Waals surface area contributed by atoms with Gasteiger partial charge < -0.3 is 0 Å². The molecule has 1 heterocycles. The van der Waals surface area contributed by atoms with Gasteiger partial charge in [-0.05, 0) is 73.5 Å². The van der Waals surface area contributed by atoms with E-state index in [2.05, 4.69) is 31.9 Å². The van der Waals surface area contributed by atoms with Gasteiger partial charge in [0.15, 0.2) is 5.78 Å². The van der Waals surface area contributed by atoms with Crippen molar-refractivity contribution in [3.8, 4) is 6.07 Å². The van der Waals surface area contributed by atoms with E-state index in [-0.39, 0.29) is 18.2 Å². The second kappa shape index (κ2) is 7.29. The molecule has 0 N–H and O–H groups in total. The number of hydrogen-bond acceptors (Lipinski definition) is 4. The largest absolute Gasteiger partial charge is 0.299 e. The van der Waals surface area contributed by atoms with Crippen LogP contribution in [-0.2, 0) is 16.1 Å². The highest BCUT2D eigenvalue weighted by molar-refractivity contribution is 5.94. The zero-order valence-electron chi connectivity index (χ0n) is 19.1. The van der Waals surface area contributed by atoms with Crippen LogP contribution in [0.25, 0.3) is 0 Å². The van der Waals surface area contributed by atoms with E-state index in [1.165, 1.54) is 38.3 Å². The monoisotopic (exact) mass is 421 g/mol. The van der Waals surface area contributed by atoms with E-state index < -0.39 is 5.41 Å². The first-order valence-electron chi connectivity index (χ1n) is 12.3. The van der Waals surface area contributed by atoms with Gasteiger partial charge in [-0.2, -0.15) is 10.4 Å². The average Bonchev–Trinajstić information content (AvgIpc) is 3.34. The summed E-state index contributed by atoms with van der Waals surface area (Å²) in [6.07, 6.45) is 12.0. The second-order valence-electron chi connectivity index (χ2n) is 11.6. The van der Waals surface area contributed by atoms with Crippen molar-refractivity contribution >= 4 is 11.6 Å². The number of hydrogen-bond donors (Lipinski definition) is 0. The molecular formula is C26H35N3O2. The molecule has 166 valence electrons. The Balaban J connectivity index is 1.39. The van der Waals surface area contributed by atoms with Crippen LogP contribution in [0.1, 0.15) is 77.7 Å². The van der Waals surface area contributed by atoms with Crippen molar-refractivity contribution in [3.63, 3.8) is 0 Å². The molecule has 4 aliphatic rings. The second-order valence-corrected chi connectivity index (χ2v) is 11.6. The Morgan fingerprint density at radius 2 is 2.03 bits per heavy atom. The first kappa shape index (κ1) is 20.9. The van der Waals surface area contributed by atoms with Crippen LogP contribution in [0.3, 0.4) is 0 Å². The first-order valence-corrected chi connectivity index (χ1v) is 12.3. The predicted molar refractivity (Wildman–Crippen MR) is 117 cm³/mol. The van der Waals surface area contributed by atoms with Gasteiger partial charge in [-0.3, -0.25) is 14.3 Å². The van der Waals surface area contributed by atoms with Gasteiger partial charge in [0.05, 0.1) is 18.3 Å². The van der Waals surface area contributed by atoms with E-state index in [0.29, 0.717) is 40.9 Å². The average molecular weight is 422 g/mol. The van der Waals surface area contributed by atoms with E-state index in [9.17, 15) is 9.59 Å². The highest BCUT2D eigenvalue weighted by Gasteiger charge is 2.64. The molecule has 8 atom stereocenters. The molecule has 0 saturated heterocycles. The highest BCUT2D eigenvalue weighted by Crippen LogP contribution is 2.66. The number of nitrogens with zero attached hydrogens (tertiary/aromatic N) is 3. The summed E-state index contributed by atoms with van der Waals surface area (Å²) in [7, 11) is 0. The molecule has 7 unspecified atom stereocenters. The Hall–Kier alpha value is -1.96. The third-order valence-electron chi connectivity index (χ3n) is 10.3. The van der Waals surface area contributed by atoms with Crippen molar-refractivity contribution in [2.24, 2.45) is 46.3 Å². The normalized spacial score (nSPS) is 44.1. The third kappa shape index (κ3) is 3.04. The van der Waals surface area contributed by atoms with Crippen LogP contribution >= 0.6 is 0 Å². The Kier molecular flexibility index (Phi) is 4.92. The van der Waals surface area contributed by atoms with E-state index in [4.69, 9.17) is 5.26 Å². The molecule has 5 heteroatoms. The number of carbonyl (C=O) groups excluding carboxylic acids is 2. The van der Waals surface area contributed by atoms with Gasteiger partial charge in [0, 0.05) is 24.0 Å². The summed E-state index contributed by atoms with van der Waals surface area (Å²) >= 11 is 0. The predicted octanol–water partition coefficient (Wildman–Crippen LogP) is 4.80. The van der Waals surface area contributed by atoms with Crippen LogP contribution in [0.4, 0.5) is 0 Å². The van der Waals surface area contributed by atoms with E-state index in [1.54, 1.807) is 10.9 Å². The SMILES string of the molecule is CC1CCC2(C)C(CCC3C2CC(=O)C2(C)C3CC[C@@H]2C(=O)Cn2cc(C#N)cn2)C1. The van der Waals surface area contributed by atoms with Gasteiger partial charge in [-0.15, -0.1) is 0 Å². The molecule has 0 spiro atoms. The zero-order valence-corrected chi connectivity index (χ0v) is 19.1. The summed E-state index contributed by atoms with van der Waals surface area (Å²) in [6.45, 7) is 7.14. The smallest absolute Gasteiger partial charge is 0.158 e. The number of carbonyl (C=O) groups is 2. The van der Waals surface area contributed by atoms with Crippen molar-refractivity contribution < 1.29 is 9.59 Å². The summed E-state index contributed by atoms with van der Waals surface area (Å²) in [5, 5.41) is 13.2. The lowest BCUT2D eigenvalue weighted by molar-refractivity contribution is -0.160. The molecule has 4 fully saturated rings. The molecule has 0 aromatic carbocycles. The Morgan fingerprint density at radius 3 is 2.77 bits per heavy atom. The summed E-state index contributed by atoms with van der Waals surface area (Å²) in [4.78, 5) is 27.0. The van der Waals surface area contributed by atoms with Gasteiger partial charge in [-0.1, -0.05) is 27.2 Å². The van der Waals surface area contributed by atoms with Crippen LogP contribution in [0, 0.1) is 57.7 Å². The molecule has 1 aromatic rings. The molecule has 0 radical (unpaired) electrons. The zero-order chi connectivity index (χ0) is 22.0. The number of aromatic nitrogens is 2. The minimum absolute atomic E-state index is 0.107. The topological polar surface area (TPSA) is 75.8 Å². The Bertz CT molecular complexity index is 945. The lowest BCUT2D eigenvalue weighted by Crippen LogP contribution is -2.57. The molecule has 0 aliphatic heterocycles. The molecule has 5 nitrogen and oxygen atoms in total. The van der Waals surface area contributed by atoms with E-state index >= 15 is 0 Å². The fraction of sp³-hybridized carbons (Fsp3) is 0.769. The van der Waals surface area contributed by atoms with Crippen molar-refractivity contribution in [3.05, 3.63) is 18.0 Å². The number of Topliss-reactive ketones (excluding diaryl/α,β-unsaturated/α-hetero) is 2. The van der Waals surface area contributed by atoms with Gasteiger partial charge in [0.25, 0.3) is 0 Å². The van der Waals surface area contributed by atoms with Gasteiger partial charge in [-0.25, -0.2) is 0 Å². The summed E-state index contributed by atoms with van der Waals surface area (Å²) in [5.41, 5.74) is 0.248. The Morgan fingerprint density at radius 1 is 1.23 bits per heavy atom. The van der Waals surface area contributed by atoms with E-state index in [1.807, 2.05) is 0 Å². The molecular weight excluding hydrogens is 386 g/mol. The van der Waals surface area contributed by atoms with Crippen LogP contribution in [-0.4, -0.2) is 21.3 Å². The quantitative estimate of drug-likeness (QED) is 0.703. The molecule has 4 saturated carbocycles. The lowest BCUT2D eigenvalue weighted by Gasteiger charge is -2.60. The van der Waals surface area contributed by atoms with Crippen molar-refractivity contribution in [1.29, 1.82) is 5.26 Å². The number of rotatable bonds is 3. The Labute approximate surface area is 185 Å². The van der Waals surface area contributed by atoms with Crippen LogP contribution in [0.5, 0.6) is 0 Å². The van der Waals surface area contributed by atoms with Crippen molar-refractivity contribution in [2.45, 2.75) is 78.7 Å². The maximum Gasteiger partial charge on any atom is 0.158 e. The minimum atomic E-state index is -0.519. The third-order valence-corrected chi connectivity index (χ3v) is 10.3. The number of ketones is 2. The van der Waals surface area contributed by atoms with Crippen molar-refractivity contribution in [2.75, 3.05) is 0 Å². The minimum Gasteiger partial charge on any atom is -0.299 e. The van der Waals surface area contributed by atoms with Gasteiger partial charge in [0.1, 0.15) is 11.9 Å². The summed E-state index contributed by atoms with van der Waals surface area (Å²) in [5.74, 6) is 3.26. The summed E-state index contributed by atoms with van der Waals surface area (Å²) in [6, 6.07) is 2.06. The fourth-order valence-corrected chi connectivity index (χ4v) is 8.48. The standard InChI is InChI=1S/C26H35N3O2/c1-16-8-9-25(2)18(10-16)4-5-19-20-6-7-21(26(20,3)24(31)11-22(19)25)23(30)15-29-14-17(12-27)13-28-29/h13-14,16,18-22H,4-11,15H2,1-3H3/t16?,18?,19?,20?,21-,22?,25?,26?/m1/s1. The summed E-state index contributed by atoms with van der Waals surface area (Å²) < 4.78 is 1.56. The number of fused-ring (bicyclic) bond motifs is 5. The maximum absolute atomic E-state index is 13.7. The molecule has 5 rings (SSSR count). The van der Waals surface area contributed by atoms with Crippen LogP contribution in [0.15, 0.2) is 12.4 Å². The van der Waals surface area contributed by atoms with Crippen LogP contribution in [0.2, 0.25) is 0 Å². The molecule has 4 aliphatic carbocycles. The van der Waals surface area contributed by atoms with E-state index in [0.717, 1.165) is 24.7 Å². The first-order chi connectivity index (χ1) is 14.8. The van der Waals surface area contributed by atoms with Crippen LogP contribution < -0.4 is 0 Å². The maximum atomic E-state index is 13.7. The molecule has 0 amide bonds. The van der Waals surface area contributed by atoms with Gasteiger partial charge in [0.2, 0.25) is 0 Å². The fourth-order valence-electron chi connectivity index (χ4n) is 8.48. The molecule has 0 bridgehead atoms.